The SMILES string of the molecule is CC(C)(C)OC(=O)C(=N)CC(N)Cc1ccccc1F. The van der Waals surface area contributed by atoms with E-state index in [9.17, 15) is 9.18 Å². The monoisotopic (exact) mass is 280 g/mol. The van der Waals surface area contributed by atoms with E-state index >= 15 is 0 Å². The maximum absolute atomic E-state index is 13.5. The smallest absolute Gasteiger partial charge is 0.352 e. The van der Waals surface area contributed by atoms with E-state index in [1.165, 1.54) is 6.07 Å². The molecule has 1 rings (SSSR count). The van der Waals surface area contributed by atoms with E-state index in [2.05, 4.69) is 0 Å². The van der Waals surface area contributed by atoms with Gasteiger partial charge in [-0.25, -0.2) is 9.18 Å². The van der Waals surface area contributed by atoms with Crippen molar-refractivity contribution in [3.8, 4) is 0 Å². The summed E-state index contributed by atoms with van der Waals surface area (Å²) in [7, 11) is 0. The van der Waals surface area contributed by atoms with Crippen LogP contribution < -0.4 is 5.73 Å². The van der Waals surface area contributed by atoms with Crippen LogP contribution in [0.4, 0.5) is 4.39 Å². The van der Waals surface area contributed by atoms with Crippen molar-refractivity contribution >= 4 is 11.7 Å². The summed E-state index contributed by atoms with van der Waals surface area (Å²) in [5.41, 5.74) is 5.51. The third kappa shape index (κ3) is 5.48. The summed E-state index contributed by atoms with van der Waals surface area (Å²) in [4.78, 5) is 11.6. The van der Waals surface area contributed by atoms with Gasteiger partial charge in [-0.05, 0) is 38.8 Å². The summed E-state index contributed by atoms with van der Waals surface area (Å²) in [5.74, 6) is -1.01. The van der Waals surface area contributed by atoms with Crippen LogP contribution in [0, 0.1) is 11.2 Å². The molecule has 20 heavy (non-hydrogen) atoms. The minimum atomic E-state index is -0.679. The highest BCUT2D eigenvalue weighted by molar-refractivity contribution is 6.35. The Hall–Kier alpha value is -1.75. The van der Waals surface area contributed by atoms with Gasteiger partial charge in [-0.3, -0.25) is 5.41 Å². The van der Waals surface area contributed by atoms with Gasteiger partial charge < -0.3 is 10.5 Å². The highest BCUT2D eigenvalue weighted by Crippen LogP contribution is 2.12. The third-order valence-corrected chi connectivity index (χ3v) is 2.55. The third-order valence-electron chi connectivity index (χ3n) is 2.55. The van der Waals surface area contributed by atoms with E-state index in [4.69, 9.17) is 15.9 Å². The van der Waals surface area contributed by atoms with Crippen LogP contribution in [0.1, 0.15) is 32.8 Å². The summed E-state index contributed by atoms with van der Waals surface area (Å²) in [6.07, 6.45) is 0.334. The van der Waals surface area contributed by atoms with Crippen LogP contribution in [-0.2, 0) is 16.0 Å². The highest BCUT2D eigenvalue weighted by atomic mass is 19.1. The Labute approximate surface area is 118 Å². The van der Waals surface area contributed by atoms with E-state index in [-0.39, 0.29) is 24.4 Å². The lowest BCUT2D eigenvalue weighted by molar-refractivity contribution is -0.146. The molecule has 1 aromatic carbocycles. The fraction of sp³-hybridized carbons (Fsp3) is 0.467. The minimum absolute atomic E-state index is 0.0588. The number of rotatable bonds is 5. The van der Waals surface area contributed by atoms with Crippen LogP contribution in [0.3, 0.4) is 0 Å². The Balaban J connectivity index is 2.54. The molecule has 0 aromatic heterocycles. The molecule has 1 atom stereocenters. The number of ether oxygens (including phenoxy) is 1. The number of hydrogen-bond acceptors (Lipinski definition) is 4. The van der Waals surface area contributed by atoms with Gasteiger partial charge in [0.25, 0.3) is 0 Å². The summed E-state index contributed by atoms with van der Waals surface area (Å²) in [6.45, 7) is 5.20. The first-order valence-electron chi connectivity index (χ1n) is 6.49. The van der Waals surface area contributed by atoms with E-state index in [1.54, 1.807) is 39.0 Å². The second-order valence-electron chi connectivity index (χ2n) is 5.74. The number of carbonyl (C=O) groups is 1. The molecule has 110 valence electrons. The van der Waals surface area contributed by atoms with Gasteiger partial charge in [-0.15, -0.1) is 0 Å². The fourth-order valence-corrected chi connectivity index (χ4v) is 1.70. The van der Waals surface area contributed by atoms with Gasteiger partial charge in [-0.2, -0.15) is 0 Å². The summed E-state index contributed by atoms with van der Waals surface area (Å²) >= 11 is 0. The molecule has 0 bridgehead atoms. The largest absolute Gasteiger partial charge is 0.456 e. The number of nitrogens with two attached hydrogens (primary N) is 1. The molecule has 0 spiro atoms. The predicted octanol–water partition coefficient (Wildman–Crippen LogP) is 2.45. The molecule has 0 saturated carbocycles. The van der Waals surface area contributed by atoms with E-state index in [1.807, 2.05) is 0 Å². The quantitative estimate of drug-likeness (QED) is 0.642. The Morgan fingerprint density at radius 3 is 2.55 bits per heavy atom. The molecule has 4 nitrogen and oxygen atoms in total. The van der Waals surface area contributed by atoms with Gasteiger partial charge in [0, 0.05) is 12.5 Å². The topological polar surface area (TPSA) is 76.2 Å². The summed E-state index contributed by atoms with van der Waals surface area (Å²) in [6, 6.07) is 5.84. The molecule has 0 heterocycles. The molecule has 1 unspecified atom stereocenters. The van der Waals surface area contributed by atoms with Crippen LogP contribution in [0.2, 0.25) is 0 Å². The van der Waals surface area contributed by atoms with Crippen molar-refractivity contribution in [2.45, 2.75) is 45.3 Å². The molecule has 0 fully saturated rings. The molecule has 0 saturated heterocycles. The Bertz CT molecular complexity index is 495. The van der Waals surface area contributed by atoms with Gasteiger partial charge in [0.2, 0.25) is 0 Å². The lowest BCUT2D eigenvalue weighted by atomic mass is 10.0. The predicted molar refractivity (Wildman–Crippen MR) is 76.3 cm³/mol. The lowest BCUT2D eigenvalue weighted by Crippen LogP contribution is -2.33. The second kappa shape index (κ2) is 6.61. The second-order valence-corrected chi connectivity index (χ2v) is 5.74. The minimum Gasteiger partial charge on any atom is -0.456 e. The van der Waals surface area contributed by atoms with Crippen LogP contribution in [0.15, 0.2) is 24.3 Å². The van der Waals surface area contributed by atoms with Gasteiger partial charge in [0.1, 0.15) is 17.1 Å². The molecular weight excluding hydrogens is 259 g/mol. The average molecular weight is 280 g/mol. The number of halogens is 1. The van der Waals surface area contributed by atoms with Crippen LogP contribution in [-0.4, -0.2) is 23.3 Å². The molecule has 0 aliphatic heterocycles. The summed E-state index contributed by atoms with van der Waals surface area (Å²) in [5, 5.41) is 7.68. The van der Waals surface area contributed by atoms with E-state index < -0.39 is 17.6 Å². The van der Waals surface area contributed by atoms with Gasteiger partial charge in [-0.1, -0.05) is 18.2 Å². The van der Waals surface area contributed by atoms with Crippen molar-refractivity contribution in [3.63, 3.8) is 0 Å². The first kappa shape index (κ1) is 16.3. The van der Waals surface area contributed by atoms with Gasteiger partial charge >= 0.3 is 5.97 Å². The molecule has 0 aliphatic carbocycles. The first-order valence-corrected chi connectivity index (χ1v) is 6.49. The average Bonchev–Trinajstić information content (AvgIpc) is 2.29. The molecular formula is C15H21FN2O2. The molecule has 0 radical (unpaired) electrons. The van der Waals surface area contributed by atoms with Crippen LogP contribution in [0.5, 0.6) is 0 Å². The Morgan fingerprint density at radius 1 is 1.40 bits per heavy atom. The Morgan fingerprint density at radius 2 is 2.00 bits per heavy atom. The molecule has 0 aliphatic rings. The number of benzene rings is 1. The van der Waals surface area contributed by atoms with Crippen molar-refractivity contribution < 1.29 is 13.9 Å². The van der Waals surface area contributed by atoms with E-state index in [0.717, 1.165) is 0 Å². The van der Waals surface area contributed by atoms with Crippen molar-refractivity contribution in [2.24, 2.45) is 5.73 Å². The zero-order valence-electron chi connectivity index (χ0n) is 12.1. The maximum atomic E-state index is 13.5. The fourth-order valence-electron chi connectivity index (χ4n) is 1.70. The Kier molecular flexibility index (Phi) is 5.39. The van der Waals surface area contributed by atoms with Crippen molar-refractivity contribution in [1.82, 2.24) is 0 Å². The van der Waals surface area contributed by atoms with Crippen LogP contribution in [0.25, 0.3) is 0 Å². The molecule has 1 aromatic rings. The normalized spacial score (nSPS) is 12.8. The zero-order chi connectivity index (χ0) is 15.3. The van der Waals surface area contributed by atoms with E-state index in [0.29, 0.717) is 5.56 Å². The van der Waals surface area contributed by atoms with Gasteiger partial charge in [0.15, 0.2) is 0 Å². The van der Waals surface area contributed by atoms with Crippen LogP contribution >= 0.6 is 0 Å². The number of esters is 1. The van der Waals surface area contributed by atoms with Gasteiger partial charge in [0.05, 0.1) is 0 Å². The highest BCUT2D eigenvalue weighted by Gasteiger charge is 2.21. The number of carbonyl (C=O) groups excluding carboxylic acids is 1. The summed E-state index contributed by atoms with van der Waals surface area (Å²) < 4.78 is 18.5. The number of hydrogen-bond donors (Lipinski definition) is 2. The first-order chi connectivity index (χ1) is 9.19. The molecule has 5 heteroatoms. The molecule has 3 N–H and O–H groups in total. The number of nitrogens with one attached hydrogen (secondary N) is 1. The standard InChI is InChI=1S/C15H21FN2O2/c1-15(2,3)20-14(19)13(18)9-11(17)8-10-6-4-5-7-12(10)16/h4-7,11,18H,8-9,17H2,1-3H3. The lowest BCUT2D eigenvalue weighted by Gasteiger charge is -2.20. The van der Waals surface area contributed by atoms with Crippen molar-refractivity contribution in [3.05, 3.63) is 35.6 Å². The maximum Gasteiger partial charge on any atom is 0.352 e. The van der Waals surface area contributed by atoms with Crippen molar-refractivity contribution in [2.75, 3.05) is 0 Å². The molecule has 0 amide bonds. The van der Waals surface area contributed by atoms with Crippen molar-refractivity contribution in [1.29, 1.82) is 5.41 Å². The zero-order valence-corrected chi connectivity index (χ0v) is 12.1.